The van der Waals surface area contributed by atoms with Crippen molar-refractivity contribution in [2.24, 2.45) is 5.41 Å². The van der Waals surface area contributed by atoms with E-state index in [9.17, 15) is 15.0 Å². The summed E-state index contributed by atoms with van der Waals surface area (Å²) in [4.78, 5) is 15.4. The van der Waals surface area contributed by atoms with E-state index in [4.69, 9.17) is 0 Å². The van der Waals surface area contributed by atoms with Gasteiger partial charge in [-0.15, -0.1) is 0 Å². The van der Waals surface area contributed by atoms with Crippen LogP contribution in [-0.4, -0.2) is 34.3 Å². The zero-order chi connectivity index (χ0) is 13.9. The standard InChI is InChI=1S/C13H20N2O3/c1-8-5-10(14-6-13(3,4)7-16)11(12(17)18)9(2)15-8/h5,16H,6-7H2,1-4H3,(H,14,15)(H,17,18). The molecule has 0 saturated carbocycles. The van der Waals surface area contributed by atoms with Gasteiger partial charge in [-0.25, -0.2) is 4.79 Å². The second-order valence-electron chi connectivity index (χ2n) is 5.25. The molecule has 3 N–H and O–H groups in total. The van der Waals surface area contributed by atoms with E-state index < -0.39 is 5.97 Å². The van der Waals surface area contributed by atoms with E-state index in [2.05, 4.69) is 10.3 Å². The lowest BCUT2D eigenvalue weighted by Gasteiger charge is -2.23. The number of anilines is 1. The molecule has 0 atom stereocenters. The minimum absolute atomic E-state index is 0.0332. The van der Waals surface area contributed by atoms with E-state index in [-0.39, 0.29) is 17.6 Å². The van der Waals surface area contributed by atoms with Crippen LogP contribution in [-0.2, 0) is 0 Å². The molecule has 0 aliphatic rings. The zero-order valence-corrected chi connectivity index (χ0v) is 11.2. The van der Waals surface area contributed by atoms with E-state index in [0.717, 1.165) is 5.69 Å². The van der Waals surface area contributed by atoms with Crippen LogP contribution in [0.5, 0.6) is 0 Å². The Morgan fingerprint density at radius 2 is 2.06 bits per heavy atom. The fraction of sp³-hybridized carbons (Fsp3) is 0.538. The summed E-state index contributed by atoms with van der Waals surface area (Å²) in [5.41, 5.74) is 1.69. The van der Waals surface area contributed by atoms with Crippen LogP contribution in [0.3, 0.4) is 0 Å². The van der Waals surface area contributed by atoms with Crippen molar-refractivity contribution in [3.8, 4) is 0 Å². The molecule has 0 bridgehead atoms. The van der Waals surface area contributed by atoms with Crippen LogP contribution in [0.1, 0.15) is 35.6 Å². The van der Waals surface area contributed by atoms with Gasteiger partial charge < -0.3 is 15.5 Å². The molecule has 1 aromatic rings. The van der Waals surface area contributed by atoms with Gasteiger partial charge in [-0.2, -0.15) is 0 Å². The van der Waals surface area contributed by atoms with Gasteiger partial charge in [0.1, 0.15) is 5.56 Å². The third kappa shape index (κ3) is 3.43. The highest BCUT2D eigenvalue weighted by molar-refractivity contribution is 5.95. The van der Waals surface area contributed by atoms with Crippen molar-refractivity contribution in [2.75, 3.05) is 18.5 Å². The summed E-state index contributed by atoms with van der Waals surface area (Å²) in [5, 5.41) is 21.5. The summed E-state index contributed by atoms with van der Waals surface area (Å²) < 4.78 is 0. The SMILES string of the molecule is Cc1cc(NCC(C)(C)CO)c(C(=O)O)c(C)n1. The molecule has 1 rings (SSSR count). The normalized spacial score (nSPS) is 11.4. The minimum atomic E-state index is -0.996. The maximum absolute atomic E-state index is 11.2. The van der Waals surface area contributed by atoms with E-state index in [1.165, 1.54) is 0 Å². The summed E-state index contributed by atoms with van der Waals surface area (Å²) in [6, 6.07) is 1.71. The number of aromatic carboxylic acids is 1. The smallest absolute Gasteiger partial charge is 0.339 e. The Morgan fingerprint density at radius 3 is 2.56 bits per heavy atom. The lowest BCUT2D eigenvalue weighted by molar-refractivity contribution is 0.0696. The fourth-order valence-corrected chi connectivity index (χ4v) is 1.63. The van der Waals surface area contributed by atoms with Crippen LogP contribution in [0.15, 0.2) is 6.07 Å². The van der Waals surface area contributed by atoms with Gasteiger partial charge in [-0.3, -0.25) is 4.98 Å². The molecule has 1 aromatic heterocycles. The van der Waals surface area contributed by atoms with E-state index in [0.29, 0.717) is 17.9 Å². The Bertz CT molecular complexity index is 456. The summed E-state index contributed by atoms with van der Waals surface area (Å²) >= 11 is 0. The second kappa shape index (κ2) is 5.35. The van der Waals surface area contributed by atoms with Crippen LogP contribution in [0.2, 0.25) is 0 Å². The van der Waals surface area contributed by atoms with Gasteiger partial charge in [0.15, 0.2) is 0 Å². The Labute approximate surface area is 107 Å². The summed E-state index contributed by atoms with van der Waals surface area (Å²) in [7, 11) is 0. The highest BCUT2D eigenvalue weighted by atomic mass is 16.4. The lowest BCUT2D eigenvalue weighted by Crippen LogP contribution is -2.27. The Hall–Kier alpha value is -1.62. The average Bonchev–Trinajstić information content (AvgIpc) is 2.25. The van der Waals surface area contributed by atoms with Crippen molar-refractivity contribution < 1.29 is 15.0 Å². The predicted molar refractivity (Wildman–Crippen MR) is 70.0 cm³/mol. The van der Waals surface area contributed by atoms with Crippen LogP contribution in [0, 0.1) is 19.3 Å². The average molecular weight is 252 g/mol. The second-order valence-corrected chi connectivity index (χ2v) is 5.25. The topological polar surface area (TPSA) is 82.5 Å². The molecule has 0 amide bonds. The molecule has 0 saturated heterocycles. The number of aliphatic hydroxyl groups excluding tert-OH is 1. The molecule has 100 valence electrons. The number of pyridine rings is 1. The summed E-state index contributed by atoms with van der Waals surface area (Å²) in [6.07, 6.45) is 0. The van der Waals surface area contributed by atoms with Crippen molar-refractivity contribution >= 4 is 11.7 Å². The number of aliphatic hydroxyl groups is 1. The number of hydrogen-bond acceptors (Lipinski definition) is 4. The molecule has 0 aliphatic carbocycles. The number of nitrogens with one attached hydrogen (secondary N) is 1. The van der Waals surface area contributed by atoms with E-state index >= 15 is 0 Å². The van der Waals surface area contributed by atoms with Gasteiger partial charge in [0.05, 0.1) is 11.4 Å². The van der Waals surface area contributed by atoms with Crippen LogP contribution < -0.4 is 5.32 Å². The van der Waals surface area contributed by atoms with Crippen LogP contribution in [0.4, 0.5) is 5.69 Å². The quantitative estimate of drug-likeness (QED) is 0.744. The number of rotatable bonds is 5. The summed E-state index contributed by atoms with van der Waals surface area (Å²) in [6.45, 7) is 7.83. The van der Waals surface area contributed by atoms with Crippen LogP contribution >= 0.6 is 0 Å². The Balaban J connectivity index is 3.04. The van der Waals surface area contributed by atoms with Crippen molar-refractivity contribution in [1.82, 2.24) is 4.98 Å². The monoisotopic (exact) mass is 252 g/mol. The highest BCUT2D eigenvalue weighted by Gasteiger charge is 2.19. The van der Waals surface area contributed by atoms with Crippen molar-refractivity contribution in [3.05, 3.63) is 23.0 Å². The number of aryl methyl sites for hydroxylation is 2. The third-order valence-corrected chi connectivity index (χ3v) is 2.73. The zero-order valence-electron chi connectivity index (χ0n) is 11.2. The van der Waals surface area contributed by atoms with Gasteiger partial charge in [0.25, 0.3) is 0 Å². The first-order valence-corrected chi connectivity index (χ1v) is 5.83. The molecule has 5 nitrogen and oxygen atoms in total. The molecular formula is C13H20N2O3. The maximum atomic E-state index is 11.2. The molecule has 0 aromatic carbocycles. The minimum Gasteiger partial charge on any atom is -0.478 e. The molecule has 0 spiro atoms. The number of hydrogen-bond donors (Lipinski definition) is 3. The number of carboxylic acid groups (broad SMARTS) is 1. The first-order valence-electron chi connectivity index (χ1n) is 5.83. The van der Waals surface area contributed by atoms with E-state index in [1.807, 2.05) is 20.8 Å². The van der Waals surface area contributed by atoms with Crippen LogP contribution in [0.25, 0.3) is 0 Å². The van der Waals surface area contributed by atoms with Gasteiger partial charge >= 0.3 is 5.97 Å². The van der Waals surface area contributed by atoms with Gasteiger partial charge in [-0.1, -0.05) is 13.8 Å². The Kier molecular flexibility index (Phi) is 4.29. The first kappa shape index (κ1) is 14.4. The number of carbonyl (C=O) groups is 1. The number of carboxylic acids is 1. The highest BCUT2D eigenvalue weighted by Crippen LogP contribution is 2.22. The first-order chi connectivity index (χ1) is 8.26. The Morgan fingerprint density at radius 1 is 1.44 bits per heavy atom. The molecule has 0 radical (unpaired) electrons. The molecule has 1 heterocycles. The van der Waals surface area contributed by atoms with Gasteiger partial charge in [-0.05, 0) is 19.9 Å². The largest absolute Gasteiger partial charge is 0.478 e. The predicted octanol–water partition coefficient (Wildman–Crippen LogP) is 1.83. The van der Waals surface area contributed by atoms with Crippen molar-refractivity contribution in [1.29, 1.82) is 0 Å². The lowest BCUT2D eigenvalue weighted by atomic mass is 9.94. The van der Waals surface area contributed by atoms with Gasteiger partial charge in [0, 0.05) is 24.3 Å². The van der Waals surface area contributed by atoms with Crippen molar-refractivity contribution in [2.45, 2.75) is 27.7 Å². The summed E-state index contributed by atoms with van der Waals surface area (Å²) in [5.74, 6) is -0.996. The maximum Gasteiger partial charge on any atom is 0.339 e. The fourth-order valence-electron chi connectivity index (χ4n) is 1.63. The molecule has 0 aliphatic heterocycles. The third-order valence-electron chi connectivity index (χ3n) is 2.73. The molecule has 0 unspecified atom stereocenters. The number of nitrogens with zero attached hydrogens (tertiary/aromatic N) is 1. The molecule has 5 heteroatoms. The number of aromatic nitrogens is 1. The van der Waals surface area contributed by atoms with Gasteiger partial charge in [0.2, 0.25) is 0 Å². The van der Waals surface area contributed by atoms with E-state index in [1.54, 1.807) is 13.0 Å². The molecule has 18 heavy (non-hydrogen) atoms. The molecule has 0 fully saturated rings. The van der Waals surface area contributed by atoms with Crippen molar-refractivity contribution in [3.63, 3.8) is 0 Å². The molecular weight excluding hydrogens is 232 g/mol.